The SMILES string of the molecule is O=C1C(CCO)CN2CCCC1C2. The number of carbonyl (C=O) groups is 1. The molecule has 3 nitrogen and oxygen atoms in total. The summed E-state index contributed by atoms with van der Waals surface area (Å²) in [5, 5.41) is 8.83. The van der Waals surface area contributed by atoms with Crippen molar-refractivity contribution in [3.8, 4) is 0 Å². The van der Waals surface area contributed by atoms with E-state index in [0.717, 1.165) is 26.1 Å². The Kier molecular flexibility index (Phi) is 2.65. The Morgan fingerprint density at radius 2 is 2.31 bits per heavy atom. The van der Waals surface area contributed by atoms with Crippen LogP contribution in [0.5, 0.6) is 0 Å². The van der Waals surface area contributed by atoms with Crippen molar-refractivity contribution in [1.82, 2.24) is 4.90 Å². The van der Waals surface area contributed by atoms with E-state index < -0.39 is 0 Å². The minimum Gasteiger partial charge on any atom is -0.396 e. The molecule has 2 aliphatic heterocycles. The number of aliphatic hydroxyl groups excluding tert-OH is 1. The number of ketones is 1. The highest BCUT2D eigenvalue weighted by molar-refractivity contribution is 5.84. The van der Waals surface area contributed by atoms with Crippen LogP contribution in [0, 0.1) is 11.8 Å². The van der Waals surface area contributed by atoms with E-state index in [1.165, 1.54) is 6.42 Å². The molecule has 2 heterocycles. The van der Waals surface area contributed by atoms with Gasteiger partial charge in [0.25, 0.3) is 0 Å². The van der Waals surface area contributed by atoms with Crippen LogP contribution in [0.3, 0.4) is 0 Å². The molecule has 0 aromatic heterocycles. The Bertz CT molecular complexity index is 205. The summed E-state index contributed by atoms with van der Waals surface area (Å²) in [7, 11) is 0. The lowest BCUT2D eigenvalue weighted by molar-refractivity contribution is -0.134. The summed E-state index contributed by atoms with van der Waals surface area (Å²) < 4.78 is 0. The second kappa shape index (κ2) is 3.76. The predicted molar refractivity (Wildman–Crippen MR) is 49.4 cm³/mol. The molecule has 3 heteroatoms. The van der Waals surface area contributed by atoms with Crippen molar-refractivity contribution in [2.24, 2.45) is 11.8 Å². The van der Waals surface area contributed by atoms with E-state index in [-0.39, 0.29) is 18.4 Å². The van der Waals surface area contributed by atoms with Gasteiger partial charge in [0.1, 0.15) is 5.78 Å². The second-order valence-electron chi connectivity index (χ2n) is 4.21. The van der Waals surface area contributed by atoms with E-state index in [4.69, 9.17) is 5.11 Å². The average molecular weight is 183 g/mol. The molecule has 74 valence electrons. The number of fused-ring (bicyclic) bond motifs is 2. The molecule has 13 heavy (non-hydrogen) atoms. The third kappa shape index (κ3) is 1.76. The predicted octanol–water partition coefficient (Wildman–Crippen LogP) is 0.280. The van der Waals surface area contributed by atoms with E-state index in [9.17, 15) is 4.79 Å². The van der Waals surface area contributed by atoms with Gasteiger partial charge in [0.2, 0.25) is 0 Å². The highest BCUT2D eigenvalue weighted by Crippen LogP contribution is 2.27. The molecule has 0 saturated carbocycles. The van der Waals surface area contributed by atoms with Crippen molar-refractivity contribution in [3.05, 3.63) is 0 Å². The molecule has 2 saturated heterocycles. The van der Waals surface area contributed by atoms with Crippen LogP contribution in [0.4, 0.5) is 0 Å². The summed E-state index contributed by atoms with van der Waals surface area (Å²) in [5.41, 5.74) is 0. The van der Waals surface area contributed by atoms with Crippen molar-refractivity contribution in [2.45, 2.75) is 19.3 Å². The summed E-state index contributed by atoms with van der Waals surface area (Å²) in [6.45, 7) is 3.15. The zero-order chi connectivity index (χ0) is 9.26. The van der Waals surface area contributed by atoms with Gasteiger partial charge in [-0.15, -0.1) is 0 Å². The lowest BCUT2D eigenvalue weighted by atomic mass is 9.81. The Labute approximate surface area is 78.7 Å². The third-order valence-corrected chi connectivity index (χ3v) is 3.27. The molecule has 0 spiro atoms. The normalized spacial score (nSPS) is 39.2. The van der Waals surface area contributed by atoms with Gasteiger partial charge in [-0.1, -0.05) is 0 Å². The number of carbonyl (C=O) groups excluding carboxylic acids is 1. The number of Topliss-reactive ketones (excluding diaryl/α,β-unsaturated/α-hetero) is 1. The summed E-state index contributed by atoms with van der Waals surface area (Å²) in [4.78, 5) is 14.2. The molecule has 0 aromatic rings. The van der Waals surface area contributed by atoms with Crippen LogP contribution in [0.15, 0.2) is 0 Å². The smallest absolute Gasteiger partial charge is 0.141 e. The number of aliphatic hydroxyl groups is 1. The fraction of sp³-hybridized carbons (Fsp3) is 0.900. The number of nitrogens with zero attached hydrogens (tertiary/aromatic N) is 1. The van der Waals surface area contributed by atoms with Crippen LogP contribution in [0.25, 0.3) is 0 Å². The van der Waals surface area contributed by atoms with Crippen molar-refractivity contribution >= 4 is 5.78 Å². The zero-order valence-electron chi connectivity index (χ0n) is 7.91. The van der Waals surface area contributed by atoms with E-state index in [1.807, 2.05) is 0 Å². The molecule has 3 unspecified atom stereocenters. The molecular weight excluding hydrogens is 166 g/mol. The van der Waals surface area contributed by atoms with Crippen molar-refractivity contribution in [2.75, 3.05) is 26.2 Å². The monoisotopic (exact) mass is 183 g/mol. The highest BCUT2D eigenvalue weighted by Gasteiger charge is 2.36. The first kappa shape index (κ1) is 9.16. The Balaban J connectivity index is 2.02. The maximum atomic E-state index is 11.8. The topological polar surface area (TPSA) is 40.5 Å². The minimum absolute atomic E-state index is 0.115. The number of hydrogen-bond donors (Lipinski definition) is 1. The molecule has 0 aromatic carbocycles. The van der Waals surface area contributed by atoms with Gasteiger partial charge in [0.05, 0.1) is 0 Å². The van der Waals surface area contributed by atoms with Crippen molar-refractivity contribution < 1.29 is 9.90 Å². The van der Waals surface area contributed by atoms with Gasteiger partial charge in [0, 0.05) is 31.5 Å². The molecule has 2 fully saturated rings. The van der Waals surface area contributed by atoms with Crippen LogP contribution in [-0.4, -0.2) is 42.0 Å². The Morgan fingerprint density at radius 3 is 3.08 bits per heavy atom. The summed E-state index contributed by atoms with van der Waals surface area (Å²) in [5.74, 6) is 0.799. The Morgan fingerprint density at radius 1 is 1.46 bits per heavy atom. The maximum Gasteiger partial charge on any atom is 0.141 e. The first-order valence-electron chi connectivity index (χ1n) is 5.18. The lowest BCUT2D eigenvalue weighted by Gasteiger charge is -2.40. The van der Waals surface area contributed by atoms with E-state index in [2.05, 4.69) is 4.90 Å². The first-order chi connectivity index (χ1) is 6.31. The van der Waals surface area contributed by atoms with Gasteiger partial charge in [-0.3, -0.25) is 4.79 Å². The lowest BCUT2D eigenvalue weighted by Crippen LogP contribution is -2.50. The van der Waals surface area contributed by atoms with Crippen LogP contribution in [0.1, 0.15) is 19.3 Å². The summed E-state index contributed by atoms with van der Waals surface area (Å²) >= 11 is 0. The summed E-state index contributed by atoms with van der Waals surface area (Å²) in [6, 6.07) is 0. The molecule has 2 aliphatic rings. The maximum absolute atomic E-state index is 11.8. The van der Waals surface area contributed by atoms with Gasteiger partial charge in [-0.05, 0) is 25.8 Å². The molecule has 2 bridgehead atoms. The van der Waals surface area contributed by atoms with E-state index in [1.54, 1.807) is 0 Å². The van der Waals surface area contributed by atoms with E-state index in [0.29, 0.717) is 12.2 Å². The largest absolute Gasteiger partial charge is 0.396 e. The molecule has 0 radical (unpaired) electrons. The van der Waals surface area contributed by atoms with Crippen molar-refractivity contribution in [1.29, 1.82) is 0 Å². The zero-order valence-corrected chi connectivity index (χ0v) is 7.91. The molecule has 3 atom stereocenters. The molecule has 2 rings (SSSR count). The van der Waals surface area contributed by atoms with Gasteiger partial charge in [-0.25, -0.2) is 0 Å². The van der Waals surface area contributed by atoms with Crippen LogP contribution >= 0.6 is 0 Å². The standard InChI is InChI=1S/C10H17NO2/c12-5-3-9-7-11-4-1-2-8(6-11)10(9)13/h8-9,12H,1-7H2. The van der Waals surface area contributed by atoms with Gasteiger partial charge in [-0.2, -0.15) is 0 Å². The van der Waals surface area contributed by atoms with Crippen LogP contribution in [-0.2, 0) is 4.79 Å². The van der Waals surface area contributed by atoms with Gasteiger partial charge in [0.15, 0.2) is 0 Å². The quantitative estimate of drug-likeness (QED) is 0.668. The fourth-order valence-electron chi connectivity index (χ4n) is 2.58. The molecule has 0 aliphatic carbocycles. The summed E-state index contributed by atoms with van der Waals surface area (Å²) in [6.07, 6.45) is 2.89. The highest BCUT2D eigenvalue weighted by atomic mass is 16.3. The Hall–Kier alpha value is -0.410. The average Bonchev–Trinajstić information content (AvgIpc) is 2.15. The van der Waals surface area contributed by atoms with Crippen LogP contribution < -0.4 is 0 Å². The number of rotatable bonds is 2. The fourth-order valence-corrected chi connectivity index (χ4v) is 2.58. The van der Waals surface area contributed by atoms with Gasteiger partial charge < -0.3 is 10.0 Å². The van der Waals surface area contributed by atoms with Crippen molar-refractivity contribution in [3.63, 3.8) is 0 Å². The number of piperidine rings is 2. The third-order valence-electron chi connectivity index (χ3n) is 3.27. The molecule has 0 amide bonds. The molecular formula is C10H17NO2. The molecule has 1 N–H and O–H groups in total. The van der Waals surface area contributed by atoms with Gasteiger partial charge >= 0.3 is 0 Å². The number of hydrogen-bond acceptors (Lipinski definition) is 3. The van der Waals surface area contributed by atoms with Crippen LogP contribution in [0.2, 0.25) is 0 Å². The first-order valence-corrected chi connectivity index (χ1v) is 5.18. The van der Waals surface area contributed by atoms with E-state index >= 15 is 0 Å². The minimum atomic E-state index is 0.115. The second-order valence-corrected chi connectivity index (χ2v) is 4.21.